The van der Waals surface area contributed by atoms with Gasteiger partial charge in [0.25, 0.3) is 0 Å². The van der Waals surface area contributed by atoms with E-state index in [0.717, 1.165) is 19.0 Å². The third-order valence-electron chi connectivity index (χ3n) is 0.718. The molecule has 0 N–H and O–H groups in total. The van der Waals surface area contributed by atoms with Crippen LogP contribution in [0.25, 0.3) is 5.32 Å². The van der Waals surface area contributed by atoms with E-state index in [2.05, 4.69) is 26.1 Å². The van der Waals surface area contributed by atoms with Gasteiger partial charge < -0.3 is 5.32 Å². The molecular formula is C6H14NRb. The van der Waals surface area contributed by atoms with E-state index in [1.54, 1.807) is 0 Å². The molecule has 0 aliphatic carbocycles. The van der Waals surface area contributed by atoms with Crippen LogP contribution < -0.4 is 58.2 Å². The van der Waals surface area contributed by atoms with Crippen molar-refractivity contribution in [2.45, 2.75) is 20.8 Å². The molecule has 0 heterocycles. The normalized spacial score (nSPS) is 9.00. The molecule has 0 atom stereocenters. The fourth-order valence-corrected chi connectivity index (χ4v) is 0.387. The van der Waals surface area contributed by atoms with Crippen molar-refractivity contribution in [1.82, 2.24) is 0 Å². The van der Waals surface area contributed by atoms with Crippen molar-refractivity contribution in [3.05, 3.63) is 5.32 Å². The topological polar surface area (TPSA) is 14.1 Å². The van der Waals surface area contributed by atoms with Gasteiger partial charge in [0.05, 0.1) is 0 Å². The van der Waals surface area contributed by atoms with Crippen molar-refractivity contribution in [1.29, 1.82) is 0 Å². The molecule has 44 valence electrons. The molecule has 0 aromatic rings. The maximum atomic E-state index is 4.17. The molecule has 0 aliphatic rings. The van der Waals surface area contributed by atoms with E-state index in [0.29, 0.717) is 0 Å². The zero-order valence-electron chi connectivity index (χ0n) is 6.44. The first-order chi connectivity index (χ1) is 3.27. The maximum absolute atomic E-state index is 4.17. The number of nitrogens with zero attached hydrogens (tertiary/aromatic N) is 1. The molecule has 0 radical (unpaired) electrons. The molecule has 0 aromatic heterocycles. The van der Waals surface area contributed by atoms with Gasteiger partial charge in [0, 0.05) is 0 Å². The average molecular weight is 186 g/mol. The molecule has 0 spiro atoms. The van der Waals surface area contributed by atoms with Crippen LogP contribution in [-0.2, 0) is 0 Å². The summed E-state index contributed by atoms with van der Waals surface area (Å²) in [6.45, 7) is 8.43. The Labute approximate surface area is 101 Å². The van der Waals surface area contributed by atoms with E-state index in [9.17, 15) is 0 Å². The molecule has 2 heteroatoms. The Kier molecular flexibility index (Phi) is 13.6. The van der Waals surface area contributed by atoms with Crippen LogP contribution in [0.1, 0.15) is 20.8 Å². The van der Waals surface area contributed by atoms with E-state index < -0.39 is 0 Å². The minimum atomic E-state index is 0. The van der Waals surface area contributed by atoms with E-state index in [1.165, 1.54) is 0 Å². The van der Waals surface area contributed by atoms with Gasteiger partial charge in [0.15, 0.2) is 0 Å². The molecule has 0 saturated carbocycles. The molecule has 0 rings (SSSR count). The SMILES string of the molecule is CC[N-]CC(C)C.[Rb+]. The molecule has 0 aromatic carbocycles. The summed E-state index contributed by atoms with van der Waals surface area (Å²) in [4.78, 5) is 0. The summed E-state index contributed by atoms with van der Waals surface area (Å²) in [6, 6.07) is 0. The Morgan fingerprint density at radius 1 is 1.38 bits per heavy atom. The van der Waals surface area contributed by atoms with E-state index in [1.807, 2.05) is 0 Å². The van der Waals surface area contributed by atoms with Crippen molar-refractivity contribution < 1.29 is 58.2 Å². The Balaban J connectivity index is 0. The predicted molar refractivity (Wildman–Crippen MR) is 33.6 cm³/mol. The summed E-state index contributed by atoms with van der Waals surface area (Å²) in [5.74, 6) is 0.736. The van der Waals surface area contributed by atoms with E-state index in [-0.39, 0.29) is 58.2 Å². The van der Waals surface area contributed by atoms with Crippen LogP contribution in [0.5, 0.6) is 0 Å². The molecule has 0 unspecified atom stereocenters. The van der Waals surface area contributed by atoms with Crippen molar-refractivity contribution in [3.63, 3.8) is 0 Å². The average Bonchev–Trinajstić information content (AvgIpc) is 1.61. The summed E-state index contributed by atoms with van der Waals surface area (Å²) in [5, 5.41) is 4.17. The second-order valence-electron chi connectivity index (χ2n) is 2.12. The standard InChI is InChI=1S/C6H14N.Rb/c1-4-7-5-6(2)3;/h6H,4-5H2,1-3H3;/q-1;+1. The Morgan fingerprint density at radius 2 is 1.88 bits per heavy atom. The Hall–Kier alpha value is 1.77. The molecular weight excluding hydrogens is 172 g/mol. The minimum Gasteiger partial charge on any atom is -0.662 e. The molecule has 0 saturated heterocycles. The summed E-state index contributed by atoms with van der Waals surface area (Å²) < 4.78 is 0. The summed E-state index contributed by atoms with van der Waals surface area (Å²) in [5.41, 5.74) is 0. The number of hydrogen-bond donors (Lipinski definition) is 0. The van der Waals surface area contributed by atoms with E-state index in [4.69, 9.17) is 0 Å². The van der Waals surface area contributed by atoms with Crippen molar-refractivity contribution in [2.75, 3.05) is 13.1 Å². The second kappa shape index (κ2) is 8.77. The predicted octanol–water partition coefficient (Wildman–Crippen LogP) is -0.960. The Bertz CT molecular complexity index is 37.5. The van der Waals surface area contributed by atoms with Crippen molar-refractivity contribution >= 4 is 0 Å². The zero-order valence-corrected chi connectivity index (χ0v) is 11.4. The first kappa shape index (κ1) is 12.4. The van der Waals surface area contributed by atoms with Gasteiger partial charge in [-0.15, -0.1) is 6.54 Å². The van der Waals surface area contributed by atoms with Gasteiger partial charge in [0.1, 0.15) is 0 Å². The summed E-state index contributed by atoms with van der Waals surface area (Å²) >= 11 is 0. The maximum Gasteiger partial charge on any atom is 1.00 e. The fraction of sp³-hybridized carbons (Fsp3) is 1.00. The van der Waals surface area contributed by atoms with Crippen LogP contribution in [0.4, 0.5) is 0 Å². The second-order valence-corrected chi connectivity index (χ2v) is 2.12. The van der Waals surface area contributed by atoms with Gasteiger partial charge in [-0.1, -0.05) is 26.7 Å². The van der Waals surface area contributed by atoms with Gasteiger partial charge in [-0.05, 0) is 0 Å². The molecule has 1 nitrogen and oxygen atoms in total. The number of rotatable bonds is 3. The molecule has 0 aliphatic heterocycles. The van der Waals surface area contributed by atoms with Gasteiger partial charge in [0.2, 0.25) is 0 Å². The monoisotopic (exact) mass is 185 g/mol. The van der Waals surface area contributed by atoms with Gasteiger partial charge in [-0.3, -0.25) is 0 Å². The first-order valence-electron chi connectivity index (χ1n) is 2.90. The minimum absolute atomic E-state index is 0. The van der Waals surface area contributed by atoms with Gasteiger partial charge in [-0.25, -0.2) is 0 Å². The van der Waals surface area contributed by atoms with Crippen LogP contribution in [0, 0.1) is 5.92 Å². The van der Waals surface area contributed by atoms with Crippen LogP contribution >= 0.6 is 0 Å². The fourth-order valence-electron chi connectivity index (χ4n) is 0.387. The van der Waals surface area contributed by atoms with Crippen molar-refractivity contribution in [3.8, 4) is 0 Å². The molecule has 0 fully saturated rings. The Morgan fingerprint density at radius 3 is 2.00 bits per heavy atom. The van der Waals surface area contributed by atoms with Crippen LogP contribution in [0.15, 0.2) is 0 Å². The van der Waals surface area contributed by atoms with Crippen LogP contribution in [0.3, 0.4) is 0 Å². The summed E-state index contributed by atoms with van der Waals surface area (Å²) in [6.07, 6.45) is 0. The molecule has 8 heavy (non-hydrogen) atoms. The number of hydrogen-bond acceptors (Lipinski definition) is 0. The molecule has 0 amide bonds. The van der Waals surface area contributed by atoms with Gasteiger partial charge in [-0.2, -0.15) is 6.54 Å². The molecule has 0 bridgehead atoms. The van der Waals surface area contributed by atoms with Crippen molar-refractivity contribution in [2.24, 2.45) is 5.92 Å². The van der Waals surface area contributed by atoms with E-state index >= 15 is 0 Å². The van der Waals surface area contributed by atoms with Crippen LogP contribution in [-0.4, -0.2) is 13.1 Å². The first-order valence-corrected chi connectivity index (χ1v) is 2.90. The zero-order chi connectivity index (χ0) is 5.70. The van der Waals surface area contributed by atoms with Crippen LogP contribution in [0.2, 0.25) is 0 Å². The summed E-state index contributed by atoms with van der Waals surface area (Å²) in [7, 11) is 0. The van der Waals surface area contributed by atoms with Gasteiger partial charge >= 0.3 is 58.2 Å². The third-order valence-corrected chi connectivity index (χ3v) is 0.718. The smallest absolute Gasteiger partial charge is 0.662 e. The largest absolute Gasteiger partial charge is 1.00 e. The quantitative estimate of drug-likeness (QED) is 0.538. The third kappa shape index (κ3) is 10.7.